The first-order valence-electron chi connectivity index (χ1n) is 10.8. The molecule has 0 unspecified atom stereocenters. The van der Waals surface area contributed by atoms with Crippen molar-refractivity contribution in [1.82, 2.24) is 9.97 Å². The zero-order valence-electron chi connectivity index (χ0n) is 18.9. The summed E-state index contributed by atoms with van der Waals surface area (Å²) < 4.78 is 65.7. The molecule has 1 fully saturated rings. The predicted octanol–water partition coefficient (Wildman–Crippen LogP) is 4.98. The van der Waals surface area contributed by atoms with Gasteiger partial charge in [-0.05, 0) is 68.1 Å². The van der Waals surface area contributed by atoms with Gasteiger partial charge in [0, 0.05) is 11.9 Å². The monoisotopic (exact) mass is 504 g/mol. The van der Waals surface area contributed by atoms with Gasteiger partial charge < -0.3 is 5.32 Å². The topological polar surface area (TPSA) is 101 Å². The highest BCUT2D eigenvalue weighted by Crippen LogP contribution is 2.33. The molecule has 2 aromatic carbocycles. The third-order valence-corrected chi connectivity index (χ3v) is 7.54. The lowest BCUT2D eigenvalue weighted by Crippen LogP contribution is -2.36. The first-order valence-corrected chi connectivity index (χ1v) is 12.4. The summed E-state index contributed by atoms with van der Waals surface area (Å²) in [7, 11) is -3.55. The van der Waals surface area contributed by atoms with Gasteiger partial charge in [0.15, 0.2) is 0 Å². The van der Waals surface area contributed by atoms with E-state index >= 15 is 0 Å². The van der Waals surface area contributed by atoms with Gasteiger partial charge in [0.2, 0.25) is 21.9 Å². The summed E-state index contributed by atoms with van der Waals surface area (Å²) >= 11 is 0. The number of sulfonamides is 1. The Labute approximate surface area is 200 Å². The quantitative estimate of drug-likeness (QED) is 0.473. The average Bonchev–Trinajstić information content (AvgIpc) is 3.65. The summed E-state index contributed by atoms with van der Waals surface area (Å²) in [6.07, 6.45) is -1.87. The predicted molar refractivity (Wildman–Crippen MR) is 126 cm³/mol. The van der Waals surface area contributed by atoms with Crippen LogP contribution in [0.15, 0.2) is 60.8 Å². The maximum absolute atomic E-state index is 13.0. The van der Waals surface area contributed by atoms with Crippen LogP contribution in [0.5, 0.6) is 0 Å². The molecule has 0 atom stereocenters. The number of rotatable bonds is 7. The molecule has 11 heteroatoms. The van der Waals surface area contributed by atoms with E-state index in [2.05, 4.69) is 20.0 Å². The zero-order valence-corrected chi connectivity index (χ0v) is 19.7. The summed E-state index contributed by atoms with van der Waals surface area (Å²) in [6.45, 7) is 3.28. The van der Waals surface area contributed by atoms with E-state index in [-0.39, 0.29) is 5.95 Å². The van der Waals surface area contributed by atoms with E-state index < -0.39 is 38.3 Å². The fourth-order valence-corrected chi connectivity index (χ4v) is 4.65. The molecule has 1 aliphatic carbocycles. The van der Waals surface area contributed by atoms with Gasteiger partial charge in [-0.15, -0.1) is 0 Å². The van der Waals surface area contributed by atoms with Crippen molar-refractivity contribution in [3.63, 3.8) is 0 Å². The SMILES string of the molecule is CC(C)(C(=O)Nc1ccc(-c2cccc(C(F)(F)F)c2)cc1)c1ccnc(NS(=O)(=O)C2CC2)n1. The summed E-state index contributed by atoms with van der Waals surface area (Å²) in [6, 6.07) is 13.0. The number of anilines is 2. The van der Waals surface area contributed by atoms with Crippen molar-refractivity contribution in [2.24, 2.45) is 0 Å². The Bertz CT molecular complexity index is 1350. The summed E-state index contributed by atoms with van der Waals surface area (Å²) in [5.41, 5.74) is -0.140. The molecule has 4 rings (SSSR count). The number of nitrogens with zero attached hydrogens (tertiary/aromatic N) is 2. The van der Waals surface area contributed by atoms with Gasteiger partial charge in [-0.3, -0.25) is 9.52 Å². The van der Waals surface area contributed by atoms with E-state index in [0.717, 1.165) is 12.1 Å². The first kappa shape index (κ1) is 24.6. The van der Waals surface area contributed by atoms with Gasteiger partial charge >= 0.3 is 6.18 Å². The van der Waals surface area contributed by atoms with E-state index in [4.69, 9.17) is 0 Å². The number of amides is 1. The van der Waals surface area contributed by atoms with Crippen molar-refractivity contribution in [2.45, 2.75) is 43.5 Å². The number of carbonyl (C=O) groups is 1. The Morgan fingerprint density at radius 2 is 1.69 bits per heavy atom. The van der Waals surface area contributed by atoms with Crippen LogP contribution in [-0.4, -0.2) is 29.5 Å². The van der Waals surface area contributed by atoms with E-state index in [1.54, 1.807) is 44.2 Å². The molecule has 0 spiro atoms. The van der Waals surface area contributed by atoms with E-state index in [9.17, 15) is 26.4 Å². The molecule has 0 saturated heterocycles. The van der Waals surface area contributed by atoms with Gasteiger partial charge in [-0.2, -0.15) is 13.2 Å². The lowest BCUT2D eigenvalue weighted by Gasteiger charge is -2.23. The second kappa shape index (κ2) is 8.95. The van der Waals surface area contributed by atoms with Crippen molar-refractivity contribution in [1.29, 1.82) is 0 Å². The molecular formula is C24H23F3N4O3S. The molecule has 1 saturated carbocycles. The van der Waals surface area contributed by atoms with Gasteiger partial charge in [0.05, 0.1) is 21.9 Å². The largest absolute Gasteiger partial charge is 0.416 e. The van der Waals surface area contributed by atoms with Crippen molar-refractivity contribution in [2.75, 3.05) is 10.0 Å². The van der Waals surface area contributed by atoms with Crippen molar-refractivity contribution in [3.8, 4) is 11.1 Å². The van der Waals surface area contributed by atoms with Crippen LogP contribution in [0.3, 0.4) is 0 Å². The lowest BCUT2D eigenvalue weighted by molar-refractivity contribution is -0.137. The highest BCUT2D eigenvalue weighted by atomic mass is 32.2. The summed E-state index contributed by atoms with van der Waals surface area (Å²) in [4.78, 5) is 21.2. The van der Waals surface area contributed by atoms with Crippen molar-refractivity contribution >= 4 is 27.6 Å². The molecule has 0 bridgehead atoms. The molecule has 0 aliphatic heterocycles. The number of aromatic nitrogens is 2. The van der Waals surface area contributed by atoms with Gasteiger partial charge in [-0.1, -0.05) is 24.3 Å². The van der Waals surface area contributed by atoms with Crippen LogP contribution >= 0.6 is 0 Å². The van der Waals surface area contributed by atoms with Crippen LogP contribution in [0.25, 0.3) is 11.1 Å². The molecule has 7 nitrogen and oxygen atoms in total. The second-order valence-corrected chi connectivity index (χ2v) is 10.8. The highest BCUT2D eigenvalue weighted by molar-refractivity contribution is 7.93. The van der Waals surface area contributed by atoms with Crippen molar-refractivity contribution < 1.29 is 26.4 Å². The molecular weight excluding hydrogens is 481 g/mol. The van der Waals surface area contributed by atoms with Gasteiger partial charge in [0.25, 0.3) is 0 Å². The summed E-state index contributed by atoms with van der Waals surface area (Å²) in [5.74, 6) is -0.500. The summed E-state index contributed by atoms with van der Waals surface area (Å²) in [5, 5.41) is 2.33. The Hall–Kier alpha value is -3.47. The van der Waals surface area contributed by atoms with Crippen LogP contribution in [0.2, 0.25) is 0 Å². The fraction of sp³-hybridized carbons (Fsp3) is 0.292. The number of hydrogen-bond donors (Lipinski definition) is 2. The first-order chi connectivity index (χ1) is 16.4. The maximum Gasteiger partial charge on any atom is 0.416 e. The number of nitrogens with one attached hydrogen (secondary N) is 2. The average molecular weight is 505 g/mol. The van der Waals surface area contributed by atoms with Crippen molar-refractivity contribution in [3.05, 3.63) is 72.1 Å². The van der Waals surface area contributed by atoms with E-state index in [1.807, 2.05) is 0 Å². The molecule has 3 aromatic rings. The standard InChI is InChI=1S/C24H23F3N4O3S/c1-23(2,20-12-13-28-22(30-20)31-35(33,34)19-10-11-19)21(32)29-18-8-6-15(7-9-18)16-4-3-5-17(14-16)24(25,26)27/h3-9,12-14,19H,10-11H2,1-2H3,(H,29,32)(H,28,30,31). The minimum Gasteiger partial charge on any atom is -0.325 e. The number of alkyl halides is 3. The van der Waals surface area contributed by atoms with Gasteiger partial charge in [-0.25, -0.2) is 18.4 Å². The van der Waals surface area contributed by atoms with Crippen LogP contribution in [-0.2, 0) is 26.4 Å². The zero-order chi connectivity index (χ0) is 25.4. The third-order valence-electron chi connectivity index (χ3n) is 5.73. The van der Waals surface area contributed by atoms with Crippen LogP contribution in [0, 0.1) is 0 Å². The van der Waals surface area contributed by atoms with Crippen LogP contribution in [0.4, 0.5) is 24.8 Å². The van der Waals surface area contributed by atoms with Gasteiger partial charge in [0.1, 0.15) is 0 Å². The highest BCUT2D eigenvalue weighted by Gasteiger charge is 2.37. The van der Waals surface area contributed by atoms with Crippen LogP contribution < -0.4 is 10.0 Å². The Morgan fingerprint density at radius 3 is 2.31 bits per heavy atom. The fourth-order valence-electron chi connectivity index (χ4n) is 3.37. The molecule has 1 aliphatic rings. The molecule has 2 N–H and O–H groups in total. The number of carbonyl (C=O) groups excluding carboxylic acids is 1. The molecule has 1 heterocycles. The lowest BCUT2D eigenvalue weighted by atomic mass is 9.88. The third kappa shape index (κ3) is 5.61. The number of benzene rings is 2. The Balaban J connectivity index is 1.48. The minimum atomic E-state index is -4.44. The molecule has 1 aromatic heterocycles. The molecule has 35 heavy (non-hydrogen) atoms. The smallest absolute Gasteiger partial charge is 0.325 e. The molecule has 184 valence electrons. The Kier molecular flexibility index (Phi) is 6.31. The molecule has 0 radical (unpaired) electrons. The maximum atomic E-state index is 13.0. The number of halogens is 3. The van der Waals surface area contributed by atoms with E-state index in [0.29, 0.717) is 35.3 Å². The second-order valence-electron chi connectivity index (χ2n) is 8.85. The normalized spacial score (nSPS) is 14.4. The number of hydrogen-bond acceptors (Lipinski definition) is 5. The Morgan fingerprint density at radius 1 is 1.00 bits per heavy atom. The molecule has 1 amide bonds. The van der Waals surface area contributed by atoms with E-state index in [1.165, 1.54) is 18.3 Å². The minimum absolute atomic E-state index is 0.0966. The van der Waals surface area contributed by atoms with Crippen LogP contribution in [0.1, 0.15) is 37.9 Å².